The average Bonchev–Trinajstić information content (AvgIpc) is 3.20. The lowest BCUT2D eigenvalue weighted by Crippen LogP contribution is -2.50. The second-order valence-corrected chi connectivity index (χ2v) is 10.3. The highest BCUT2D eigenvalue weighted by molar-refractivity contribution is 5.92. The molecule has 0 bridgehead atoms. The molecule has 2 saturated heterocycles. The highest BCUT2D eigenvalue weighted by atomic mass is 19.1. The van der Waals surface area contributed by atoms with E-state index < -0.39 is 11.7 Å². The quantitative estimate of drug-likeness (QED) is 0.473. The van der Waals surface area contributed by atoms with Gasteiger partial charge in [0.05, 0.1) is 5.56 Å². The fourth-order valence-electron chi connectivity index (χ4n) is 6.18. The molecule has 0 spiro atoms. The van der Waals surface area contributed by atoms with Gasteiger partial charge < -0.3 is 4.90 Å². The molecule has 2 fully saturated rings. The molecule has 5 heteroatoms. The van der Waals surface area contributed by atoms with Crippen molar-refractivity contribution in [3.05, 3.63) is 107 Å². The van der Waals surface area contributed by atoms with Crippen molar-refractivity contribution in [1.29, 1.82) is 0 Å². The Bertz CT molecular complexity index is 1150. The predicted molar refractivity (Wildman–Crippen MR) is 136 cm³/mol. The monoisotopic (exact) mass is 470 g/mol. The first kappa shape index (κ1) is 23.7. The van der Waals surface area contributed by atoms with Gasteiger partial charge in [0.2, 0.25) is 0 Å². The van der Waals surface area contributed by atoms with E-state index in [1.807, 2.05) is 6.07 Å². The van der Waals surface area contributed by atoms with Crippen molar-refractivity contribution in [3.63, 3.8) is 0 Å². The van der Waals surface area contributed by atoms with Gasteiger partial charge >= 0.3 is 0 Å². The number of fused-ring (bicyclic) bond motifs is 1. The topological polar surface area (TPSA) is 47.4 Å². The molecule has 35 heavy (non-hydrogen) atoms. The van der Waals surface area contributed by atoms with E-state index in [0.717, 1.165) is 64.1 Å². The number of amides is 1. The number of carbonyl (C=O) groups is 1. The third-order valence-electron chi connectivity index (χ3n) is 7.86. The van der Waals surface area contributed by atoms with E-state index in [0.29, 0.717) is 5.92 Å². The van der Waals surface area contributed by atoms with Crippen LogP contribution in [-0.2, 0) is 19.4 Å². The number of benzene rings is 3. The number of hydrogen-bond donors (Lipinski definition) is 0. The number of halogens is 1. The van der Waals surface area contributed by atoms with E-state index in [2.05, 4.69) is 70.5 Å². The van der Waals surface area contributed by atoms with Gasteiger partial charge in [-0.2, -0.15) is 0 Å². The summed E-state index contributed by atoms with van der Waals surface area (Å²) < 4.78 is 14.6. The Morgan fingerprint density at radius 3 is 2.29 bits per heavy atom. The lowest BCUT2D eigenvalue weighted by Gasteiger charge is -2.45. The van der Waals surface area contributed by atoms with Crippen LogP contribution in [0.2, 0.25) is 0 Å². The lowest BCUT2D eigenvalue weighted by atomic mass is 9.69. The highest BCUT2D eigenvalue weighted by Gasteiger charge is 2.49. The van der Waals surface area contributed by atoms with Crippen LogP contribution in [0.15, 0.2) is 78.9 Å². The summed E-state index contributed by atoms with van der Waals surface area (Å²) in [7, 11) is 0. The normalized spacial score (nSPS) is 22.7. The van der Waals surface area contributed by atoms with Gasteiger partial charge in [0.25, 0.3) is 5.91 Å². The van der Waals surface area contributed by atoms with Gasteiger partial charge in [-0.25, -0.2) is 4.39 Å². The highest BCUT2D eigenvalue weighted by Crippen LogP contribution is 2.45. The molecule has 3 aromatic carbocycles. The number of nitrogens with zero attached hydrogens (tertiary/aromatic N) is 2. The fraction of sp³-hybridized carbons (Fsp3) is 0.367. The minimum Gasteiger partial charge on any atom is -0.302 e. The third-order valence-corrected chi connectivity index (χ3v) is 7.86. The van der Waals surface area contributed by atoms with Crippen molar-refractivity contribution in [2.45, 2.75) is 25.8 Å². The number of nitrogens with one attached hydrogen (secondary N) is 1. The molecule has 1 amide bonds. The first-order valence-corrected chi connectivity index (χ1v) is 12.6. The molecule has 181 valence electrons. The van der Waals surface area contributed by atoms with Gasteiger partial charge in [-0.1, -0.05) is 66.7 Å². The van der Waals surface area contributed by atoms with Crippen LogP contribution >= 0.6 is 0 Å². The average molecular weight is 471 g/mol. The van der Waals surface area contributed by atoms with Crippen LogP contribution in [0, 0.1) is 17.2 Å². The summed E-state index contributed by atoms with van der Waals surface area (Å²) >= 11 is 0. The molecule has 2 atom stereocenters. The Hall–Kier alpha value is -3.02. The molecule has 2 heterocycles. The Morgan fingerprint density at radius 1 is 0.914 bits per heavy atom. The van der Waals surface area contributed by atoms with E-state index in [-0.39, 0.29) is 11.0 Å². The zero-order valence-electron chi connectivity index (χ0n) is 20.1. The molecule has 1 N–H and O–H groups in total. The van der Waals surface area contributed by atoms with Crippen LogP contribution in [0.4, 0.5) is 4.39 Å². The van der Waals surface area contributed by atoms with Gasteiger partial charge in [0.1, 0.15) is 5.82 Å². The molecule has 0 saturated carbocycles. The second-order valence-electron chi connectivity index (χ2n) is 10.3. The van der Waals surface area contributed by atoms with E-state index in [9.17, 15) is 9.18 Å². The molecule has 0 aliphatic carbocycles. The number of carbonyl (C=O) groups excluding carboxylic acids is 1. The maximum absolute atomic E-state index is 14.6. The van der Waals surface area contributed by atoms with E-state index >= 15 is 0 Å². The summed E-state index contributed by atoms with van der Waals surface area (Å²) in [6.45, 7) is 6.10. The first-order valence-electron chi connectivity index (χ1n) is 12.6. The van der Waals surface area contributed by atoms with Gasteiger partial charge in [0, 0.05) is 38.1 Å². The lowest BCUT2D eigenvalue weighted by molar-refractivity contribution is 0.0609. The van der Waals surface area contributed by atoms with Gasteiger partial charge in [-0.15, -0.1) is 0 Å². The van der Waals surface area contributed by atoms with Gasteiger partial charge in [-0.3, -0.25) is 15.4 Å². The van der Waals surface area contributed by atoms with Crippen LogP contribution in [0.5, 0.6) is 0 Å². The summed E-state index contributed by atoms with van der Waals surface area (Å²) in [6, 6.07) is 26.1. The molecule has 5 rings (SSSR count). The van der Waals surface area contributed by atoms with Crippen LogP contribution in [0.3, 0.4) is 0 Å². The molecule has 4 nitrogen and oxygen atoms in total. The van der Waals surface area contributed by atoms with Crippen molar-refractivity contribution in [1.82, 2.24) is 15.5 Å². The molecular weight excluding hydrogens is 437 g/mol. The second kappa shape index (κ2) is 10.3. The Morgan fingerprint density at radius 2 is 1.60 bits per heavy atom. The van der Waals surface area contributed by atoms with Crippen LogP contribution < -0.4 is 5.73 Å². The third kappa shape index (κ3) is 5.47. The fourth-order valence-corrected chi connectivity index (χ4v) is 6.18. The van der Waals surface area contributed by atoms with E-state index in [1.165, 1.54) is 23.3 Å². The largest absolute Gasteiger partial charge is 0.302 e. The predicted octanol–water partition coefficient (Wildman–Crippen LogP) is 4.86. The zero-order chi connectivity index (χ0) is 24.3. The summed E-state index contributed by atoms with van der Waals surface area (Å²) in [4.78, 5) is 16.6. The first-order chi connectivity index (χ1) is 17.0. The minimum atomic E-state index is -0.968. The van der Waals surface area contributed by atoms with E-state index in [1.54, 1.807) is 0 Å². The van der Waals surface area contributed by atoms with Crippen LogP contribution in [0.1, 0.15) is 33.5 Å². The number of hydrogen-bond acceptors (Lipinski definition) is 3. The van der Waals surface area contributed by atoms with Crippen LogP contribution in [-0.4, -0.2) is 48.4 Å². The van der Waals surface area contributed by atoms with Gasteiger partial charge in [-0.05, 0) is 60.5 Å². The standard InChI is InChI=1S/C30H33FN3O/c31-28-17-25(11-12-27(28)29(32)35)18-30-21-33(15-13-23-7-3-1-4-8-23)16-14-26(30)20-34(22-30)19-24-9-5-2-6-10-24/h1-12,17,26,32H,13-16,18-22H2. The molecule has 2 aliphatic rings. The Labute approximate surface area is 207 Å². The van der Waals surface area contributed by atoms with Crippen molar-refractivity contribution in [3.8, 4) is 0 Å². The molecule has 1 radical (unpaired) electrons. The van der Waals surface area contributed by atoms with Crippen molar-refractivity contribution in [2.75, 3.05) is 32.7 Å². The summed E-state index contributed by atoms with van der Waals surface area (Å²) in [5.74, 6) is -0.990. The number of likely N-dealkylation sites (tertiary alicyclic amines) is 2. The molecule has 2 unspecified atom stereocenters. The minimum absolute atomic E-state index is 0.0443. The summed E-state index contributed by atoms with van der Waals surface area (Å²) in [5, 5.41) is 0. The van der Waals surface area contributed by atoms with Crippen molar-refractivity contribution >= 4 is 5.91 Å². The van der Waals surface area contributed by atoms with Gasteiger partial charge in [0.15, 0.2) is 0 Å². The van der Waals surface area contributed by atoms with E-state index in [4.69, 9.17) is 5.73 Å². The van der Waals surface area contributed by atoms with Crippen LogP contribution in [0.25, 0.3) is 0 Å². The molecule has 0 aromatic heterocycles. The molecule has 3 aromatic rings. The Balaban J connectivity index is 1.36. The molecular formula is C30H33FN3O. The van der Waals surface area contributed by atoms with Crippen molar-refractivity contribution < 1.29 is 9.18 Å². The number of rotatable bonds is 8. The smallest absolute Gasteiger partial charge is 0.272 e. The zero-order valence-corrected chi connectivity index (χ0v) is 20.1. The summed E-state index contributed by atoms with van der Waals surface area (Å²) in [6.07, 6.45) is 2.96. The maximum atomic E-state index is 14.6. The molecule has 2 aliphatic heterocycles. The van der Waals surface area contributed by atoms with Crippen molar-refractivity contribution in [2.24, 2.45) is 11.3 Å². The SMILES string of the molecule is [NH]C(=O)c1ccc(CC23CN(CCc4ccccc4)CCC2CN(Cc2ccccc2)C3)cc1F. The summed E-state index contributed by atoms with van der Waals surface area (Å²) in [5.41, 5.74) is 10.8. The maximum Gasteiger partial charge on any atom is 0.272 e. The Kier molecular flexibility index (Phi) is 6.98. The number of piperidine rings is 1.